The summed E-state index contributed by atoms with van der Waals surface area (Å²) in [6, 6.07) is 0. The highest BCUT2D eigenvalue weighted by Crippen LogP contribution is 2.22. The third-order valence-electron chi connectivity index (χ3n) is 2.35. The predicted molar refractivity (Wildman–Crippen MR) is 41.4 cm³/mol. The molecule has 1 fully saturated rings. The summed E-state index contributed by atoms with van der Waals surface area (Å²) in [7, 11) is 0. The summed E-state index contributed by atoms with van der Waals surface area (Å²) in [5.41, 5.74) is 0. The molecule has 1 aliphatic rings. The van der Waals surface area contributed by atoms with E-state index in [4.69, 9.17) is 5.11 Å². The SMILES string of the molecule is CCC(C(=O)O)C1CC[N]C1. The first-order chi connectivity index (χ1) is 5.25. The first-order valence-electron chi connectivity index (χ1n) is 4.11. The van der Waals surface area contributed by atoms with Gasteiger partial charge in [0.15, 0.2) is 0 Å². The lowest BCUT2D eigenvalue weighted by atomic mass is 9.89. The fraction of sp³-hybridized carbons (Fsp3) is 0.875. The van der Waals surface area contributed by atoms with Gasteiger partial charge in [0.1, 0.15) is 0 Å². The fourth-order valence-corrected chi connectivity index (χ4v) is 1.64. The van der Waals surface area contributed by atoms with Crippen molar-refractivity contribution in [1.29, 1.82) is 0 Å². The molecule has 1 saturated heterocycles. The number of nitrogens with zero attached hydrogens (tertiary/aromatic N) is 1. The third-order valence-corrected chi connectivity index (χ3v) is 2.35. The molecule has 0 spiro atoms. The zero-order chi connectivity index (χ0) is 8.27. The first kappa shape index (κ1) is 8.53. The van der Waals surface area contributed by atoms with Crippen LogP contribution < -0.4 is 5.32 Å². The van der Waals surface area contributed by atoms with Crippen LogP contribution in [-0.4, -0.2) is 24.2 Å². The van der Waals surface area contributed by atoms with E-state index in [1.807, 2.05) is 6.92 Å². The highest BCUT2D eigenvalue weighted by Gasteiger charge is 2.29. The van der Waals surface area contributed by atoms with Crippen molar-refractivity contribution in [2.45, 2.75) is 19.8 Å². The maximum absolute atomic E-state index is 10.7. The molecule has 1 N–H and O–H groups in total. The molecule has 0 aromatic heterocycles. The number of aliphatic carboxylic acids is 1. The van der Waals surface area contributed by atoms with Gasteiger partial charge in [0.25, 0.3) is 0 Å². The Morgan fingerprint density at radius 2 is 2.55 bits per heavy atom. The second-order valence-electron chi connectivity index (χ2n) is 3.03. The van der Waals surface area contributed by atoms with Crippen molar-refractivity contribution in [3.05, 3.63) is 0 Å². The number of hydrogen-bond donors (Lipinski definition) is 1. The van der Waals surface area contributed by atoms with Crippen LogP contribution >= 0.6 is 0 Å². The Morgan fingerprint density at radius 3 is 2.91 bits per heavy atom. The van der Waals surface area contributed by atoms with Crippen molar-refractivity contribution in [3.63, 3.8) is 0 Å². The van der Waals surface area contributed by atoms with Crippen LogP contribution in [0.1, 0.15) is 19.8 Å². The molecule has 1 rings (SSSR count). The number of rotatable bonds is 3. The maximum Gasteiger partial charge on any atom is 0.306 e. The number of carboxylic acids is 1. The summed E-state index contributed by atoms with van der Waals surface area (Å²) in [5.74, 6) is -0.520. The predicted octanol–water partition coefficient (Wildman–Crippen LogP) is 0.722. The van der Waals surface area contributed by atoms with E-state index in [1.54, 1.807) is 0 Å². The van der Waals surface area contributed by atoms with Crippen molar-refractivity contribution < 1.29 is 9.90 Å². The van der Waals surface area contributed by atoms with E-state index in [-0.39, 0.29) is 5.92 Å². The normalized spacial score (nSPS) is 26.8. The Balaban J connectivity index is 2.46. The Hall–Kier alpha value is -0.570. The standard InChI is InChI=1S/C8H14NO2/c1-2-7(8(10)11)6-3-4-9-5-6/h6-7H,2-5H2,1H3,(H,10,11). The van der Waals surface area contributed by atoms with Crippen LogP contribution in [-0.2, 0) is 4.79 Å². The molecule has 0 saturated carbocycles. The van der Waals surface area contributed by atoms with Crippen LogP contribution in [0.3, 0.4) is 0 Å². The second-order valence-corrected chi connectivity index (χ2v) is 3.03. The minimum Gasteiger partial charge on any atom is -0.481 e. The van der Waals surface area contributed by atoms with Crippen molar-refractivity contribution in [1.82, 2.24) is 5.32 Å². The number of carboxylic acid groups (broad SMARTS) is 1. The summed E-state index contributed by atoms with van der Waals surface area (Å²) in [6.07, 6.45) is 1.69. The van der Waals surface area contributed by atoms with E-state index in [0.717, 1.165) is 25.9 Å². The highest BCUT2D eigenvalue weighted by atomic mass is 16.4. The van der Waals surface area contributed by atoms with Crippen LogP contribution in [0.25, 0.3) is 0 Å². The van der Waals surface area contributed by atoms with Gasteiger partial charge in [-0.25, -0.2) is 5.32 Å². The second kappa shape index (κ2) is 3.72. The van der Waals surface area contributed by atoms with Gasteiger partial charge in [-0.2, -0.15) is 0 Å². The van der Waals surface area contributed by atoms with Gasteiger partial charge in [-0.15, -0.1) is 0 Å². The molecule has 1 radical (unpaired) electrons. The molecule has 0 bridgehead atoms. The highest BCUT2D eigenvalue weighted by molar-refractivity contribution is 5.70. The van der Waals surface area contributed by atoms with Gasteiger partial charge < -0.3 is 5.11 Å². The zero-order valence-corrected chi connectivity index (χ0v) is 6.79. The molecule has 1 heterocycles. The Kier molecular flexibility index (Phi) is 2.88. The molecule has 2 atom stereocenters. The summed E-state index contributed by atoms with van der Waals surface area (Å²) < 4.78 is 0. The molecule has 1 aliphatic heterocycles. The number of carbonyl (C=O) groups is 1. The van der Waals surface area contributed by atoms with Crippen LogP contribution in [0, 0.1) is 11.8 Å². The fourth-order valence-electron chi connectivity index (χ4n) is 1.64. The molecular formula is C8H14NO2. The lowest BCUT2D eigenvalue weighted by Gasteiger charge is -2.15. The van der Waals surface area contributed by atoms with Crippen molar-refractivity contribution in [2.24, 2.45) is 11.8 Å². The smallest absolute Gasteiger partial charge is 0.306 e. The molecule has 0 aromatic carbocycles. The van der Waals surface area contributed by atoms with Gasteiger partial charge in [0.05, 0.1) is 5.92 Å². The minimum atomic E-state index is -0.658. The molecule has 0 aromatic rings. The molecule has 3 heteroatoms. The van der Waals surface area contributed by atoms with Gasteiger partial charge in [-0.05, 0) is 18.8 Å². The molecule has 11 heavy (non-hydrogen) atoms. The molecule has 0 aliphatic carbocycles. The molecular weight excluding hydrogens is 142 g/mol. The van der Waals surface area contributed by atoms with E-state index in [0.29, 0.717) is 5.92 Å². The van der Waals surface area contributed by atoms with Crippen LogP contribution in [0.5, 0.6) is 0 Å². The van der Waals surface area contributed by atoms with Crippen molar-refractivity contribution >= 4 is 5.97 Å². The number of hydrogen-bond acceptors (Lipinski definition) is 1. The quantitative estimate of drug-likeness (QED) is 0.654. The van der Waals surface area contributed by atoms with Gasteiger partial charge >= 0.3 is 5.97 Å². The van der Waals surface area contributed by atoms with Crippen LogP contribution in [0.15, 0.2) is 0 Å². The summed E-state index contributed by atoms with van der Waals surface area (Å²) >= 11 is 0. The topological polar surface area (TPSA) is 51.4 Å². The average Bonchev–Trinajstić information content (AvgIpc) is 2.40. The van der Waals surface area contributed by atoms with Crippen molar-refractivity contribution in [2.75, 3.05) is 13.1 Å². The summed E-state index contributed by atoms with van der Waals surface area (Å²) in [4.78, 5) is 10.7. The lowest BCUT2D eigenvalue weighted by molar-refractivity contribution is -0.143. The Morgan fingerprint density at radius 1 is 1.82 bits per heavy atom. The van der Waals surface area contributed by atoms with E-state index in [1.165, 1.54) is 0 Å². The van der Waals surface area contributed by atoms with Gasteiger partial charge in [0.2, 0.25) is 0 Å². The Labute approximate surface area is 66.8 Å². The van der Waals surface area contributed by atoms with Crippen molar-refractivity contribution in [3.8, 4) is 0 Å². The Bertz CT molecular complexity index is 141. The monoisotopic (exact) mass is 156 g/mol. The average molecular weight is 156 g/mol. The van der Waals surface area contributed by atoms with E-state index in [9.17, 15) is 4.79 Å². The summed E-state index contributed by atoms with van der Waals surface area (Å²) in [5, 5.41) is 12.9. The van der Waals surface area contributed by atoms with Gasteiger partial charge in [-0.3, -0.25) is 4.79 Å². The minimum absolute atomic E-state index is 0.166. The third kappa shape index (κ3) is 1.93. The molecule has 3 nitrogen and oxygen atoms in total. The largest absolute Gasteiger partial charge is 0.481 e. The zero-order valence-electron chi connectivity index (χ0n) is 6.79. The lowest BCUT2D eigenvalue weighted by Crippen LogP contribution is -2.23. The van der Waals surface area contributed by atoms with E-state index in [2.05, 4.69) is 5.32 Å². The van der Waals surface area contributed by atoms with E-state index < -0.39 is 5.97 Å². The van der Waals surface area contributed by atoms with Gasteiger partial charge in [0, 0.05) is 13.1 Å². The first-order valence-corrected chi connectivity index (χ1v) is 4.11. The molecule has 2 unspecified atom stereocenters. The maximum atomic E-state index is 10.7. The summed E-state index contributed by atoms with van der Waals surface area (Å²) in [6.45, 7) is 3.54. The molecule has 63 valence electrons. The van der Waals surface area contributed by atoms with Crippen LogP contribution in [0.4, 0.5) is 0 Å². The van der Waals surface area contributed by atoms with E-state index >= 15 is 0 Å². The molecule has 0 amide bonds. The van der Waals surface area contributed by atoms with Gasteiger partial charge in [-0.1, -0.05) is 6.92 Å². The van der Waals surface area contributed by atoms with Crippen LogP contribution in [0.2, 0.25) is 0 Å².